The second kappa shape index (κ2) is 7.20. The van der Waals surface area contributed by atoms with E-state index in [1.807, 2.05) is 14.0 Å². The van der Waals surface area contributed by atoms with Crippen LogP contribution in [0.2, 0.25) is 0 Å². The summed E-state index contributed by atoms with van der Waals surface area (Å²) in [6, 6.07) is 2.08. The molecule has 0 saturated heterocycles. The van der Waals surface area contributed by atoms with Crippen LogP contribution in [0, 0.1) is 34.5 Å². The molecule has 1 N–H and O–H groups in total. The highest BCUT2D eigenvalue weighted by molar-refractivity contribution is 5.28. The van der Waals surface area contributed by atoms with Crippen LogP contribution in [0.25, 0.3) is 0 Å². The van der Waals surface area contributed by atoms with Gasteiger partial charge in [0, 0.05) is 24.5 Å². The second-order valence-corrected chi connectivity index (χ2v) is 11.4. The number of ether oxygens (including phenoxy) is 1. The quantitative estimate of drug-likeness (QED) is 0.640. The first-order chi connectivity index (χ1) is 14.3. The third-order valence-electron chi connectivity index (χ3n) is 10.2. The standard InChI is InChI=1S/C26H39NO3/c1-17(2)26-11-9-20-19(21(26)7-8-22(26)23-10-14-27-30-23)6-5-18-15-24(3,28)12-13-25(18,20)16-29-4/h10,14,18-22,28H,1,5-9,11-13,15-16H2,2-4H3/t18-,19?,20-,21-,22+,24+,25+,26+/m0/s1. The van der Waals surface area contributed by atoms with E-state index in [1.54, 1.807) is 6.20 Å². The van der Waals surface area contributed by atoms with Crippen molar-refractivity contribution in [2.24, 2.45) is 34.5 Å². The fourth-order valence-electron chi connectivity index (χ4n) is 9.09. The van der Waals surface area contributed by atoms with Crippen molar-refractivity contribution in [3.05, 3.63) is 30.2 Å². The minimum absolute atomic E-state index is 0.155. The molecular formula is C26H39NO3. The molecule has 30 heavy (non-hydrogen) atoms. The van der Waals surface area contributed by atoms with E-state index in [2.05, 4.69) is 24.7 Å². The number of allylic oxidation sites excluding steroid dienone is 1. The molecule has 4 heteroatoms. The van der Waals surface area contributed by atoms with E-state index in [1.165, 1.54) is 44.1 Å². The first-order valence-electron chi connectivity index (χ1n) is 12.1. The molecule has 1 aromatic heterocycles. The zero-order valence-corrected chi connectivity index (χ0v) is 19.0. The number of rotatable bonds is 4. The lowest BCUT2D eigenvalue weighted by atomic mass is 9.42. The van der Waals surface area contributed by atoms with Crippen molar-refractivity contribution in [1.29, 1.82) is 0 Å². The van der Waals surface area contributed by atoms with Gasteiger partial charge in [-0.05, 0) is 101 Å². The molecule has 0 bridgehead atoms. The van der Waals surface area contributed by atoms with Gasteiger partial charge < -0.3 is 14.4 Å². The maximum atomic E-state index is 10.8. The average molecular weight is 414 g/mol. The van der Waals surface area contributed by atoms with E-state index in [-0.39, 0.29) is 10.8 Å². The average Bonchev–Trinajstić information content (AvgIpc) is 3.35. The van der Waals surface area contributed by atoms with Crippen LogP contribution in [-0.4, -0.2) is 29.6 Å². The number of nitrogens with zero attached hydrogens (tertiary/aromatic N) is 1. The number of hydrogen-bond donors (Lipinski definition) is 1. The molecule has 1 unspecified atom stereocenters. The molecule has 4 aliphatic carbocycles. The van der Waals surface area contributed by atoms with Crippen LogP contribution >= 0.6 is 0 Å². The van der Waals surface area contributed by atoms with Gasteiger partial charge in [-0.15, -0.1) is 0 Å². The summed E-state index contributed by atoms with van der Waals surface area (Å²) in [5.41, 5.74) is 1.24. The molecule has 1 heterocycles. The molecule has 4 nitrogen and oxygen atoms in total. The van der Waals surface area contributed by atoms with E-state index in [0.717, 1.165) is 37.5 Å². The van der Waals surface area contributed by atoms with Crippen LogP contribution in [0.3, 0.4) is 0 Å². The van der Waals surface area contributed by atoms with Crippen molar-refractivity contribution in [1.82, 2.24) is 5.16 Å². The number of fused-ring (bicyclic) bond motifs is 5. The van der Waals surface area contributed by atoms with Gasteiger partial charge in [0.15, 0.2) is 0 Å². The Morgan fingerprint density at radius 2 is 2.03 bits per heavy atom. The van der Waals surface area contributed by atoms with Gasteiger partial charge in [0.2, 0.25) is 0 Å². The van der Waals surface area contributed by atoms with Crippen molar-refractivity contribution in [2.75, 3.05) is 13.7 Å². The lowest BCUT2D eigenvalue weighted by molar-refractivity contribution is -0.170. The molecule has 0 spiro atoms. The van der Waals surface area contributed by atoms with Gasteiger partial charge >= 0.3 is 0 Å². The van der Waals surface area contributed by atoms with Crippen LogP contribution < -0.4 is 0 Å². The van der Waals surface area contributed by atoms with Crippen molar-refractivity contribution in [3.8, 4) is 0 Å². The molecule has 8 atom stereocenters. The largest absolute Gasteiger partial charge is 0.390 e. The summed E-state index contributed by atoms with van der Waals surface area (Å²) in [5, 5.41) is 14.9. The highest BCUT2D eigenvalue weighted by Gasteiger charge is 2.64. The summed E-state index contributed by atoms with van der Waals surface area (Å²) >= 11 is 0. The summed E-state index contributed by atoms with van der Waals surface area (Å²) in [5.74, 6) is 4.20. The summed E-state index contributed by atoms with van der Waals surface area (Å²) in [6.07, 6.45) is 12.2. The van der Waals surface area contributed by atoms with Crippen LogP contribution in [0.5, 0.6) is 0 Å². The highest BCUT2D eigenvalue weighted by Crippen LogP contribution is 2.71. The topological polar surface area (TPSA) is 55.5 Å². The predicted octanol–water partition coefficient (Wildman–Crippen LogP) is 5.73. The van der Waals surface area contributed by atoms with Gasteiger partial charge in [-0.3, -0.25) is 0 Å². The maximum absolute atomic E-state index is 10.8. The fourth-order valence-corrected chi connectivity index (χ4v) is 9.09. The van der Waals surface area contributed by atoms with E-state index >= 15 is 0 Å². The minimum atomic E-state index is -0.504. The lowest BCUT2D eigenvalue weighted by Crippen LogP contribution is -2.58. The Morgan fingerprint density at radius 1 is 1.20 bits per heavy atom. The smallest absolute Gasteiger partial charge is 0.140 e. The first kappa shape index (κ1) is 20.8. The van der Waals surface area contributed by atoms with E-state index < -0.39 is 5.60 Å². The van der Waals surface area contributed by atoms with Crippen LogP contribution in [0.1, 0.15) is 83.3 Å². The third-order valence-corrected chi connectivity index (χ3v) is 10.2. The van der Waals surface area contributed by atoms with E-state index in [0.29, 0.717) is 23.7 Å². The summed E-state index contributed by atoms with van der Waals surface area (Å²) in [4.78, 5) is 0. The van der Waals surface area contributed by atoms with Crippen molar-refractivity contribution in [3.63, 3.8) is 0 Å². The van der Waals surface area contributed by atoms with Crippen molar-refractivity contribution >= 4 is 0 Å². The second-order valence-electron chi connectivity index (χ2n) is 11.4. The van der Waals surface area contributed by atoms with Crippen LogP contribution in [0.4, 0.5) is 0 Å². The summed E-state index contributed by atoms with van der Waals surface area (Å²) in [7, 11) is 1.87. The van der Waals surface area contributed by atoms with Gasteiger partial charge in [0.25, 0.3) is 0 Å². The molecule has 5 rings (SSSR count). The lowest BCUT2D eigenvalue weighted by Gasteiger charge is -2.63. The van der Waals surface area contributed by atoms with Gasteiger partial charge in [-0.2, -0.15) is 0 Å². The first-order valence-corrected chi connectivity index (χ1v) is 12.1. The highest BCUT2D eigenvalue weighted by atomic mass is 16.5. The monoisotopic (exact) mass is 413 g/mol. The normalized spacial score (nSPS) is 47.9. The molecule has 1 aromatic rings. The Balaban J connectivity index is 1.51. The third kappa shape index (κ3) is 2.82. The Hall–Kier alpha value is -1.13. The van der Waals surface area contributed by atoms with Gasteiger partial charge in [-0.1, -0.05) is 17.3 Å². The molecule has 4 saturated carbocycles. The van der Waals surface area contributed by atoms with Crippen molar-refractivity contribution in [2.45, 2.75) is 83.2 Å². The zero-order chi connectivity index (χ0) is 21.1. The van der Waals surface area contributed by atoms with E-state index in [9.17, 15) is 5.11 Å². The van der Waals surface area contributed by atoms with Crippen molar-refractivity contribution < 1.29 is 14.4 Å². The van der Waals surface area contributed by atoms with Gasteiger partial charge in [0.05, 0.1) is 18.4 Å². The fraction of sp³-hybridized carbons (Fsp3) is 0.808. The maximum Gasteiger partial charge on any atom is 0.140 e. The Labute approximate surface area is 181 Å². The van der Waals surface area contributed by atoms with Crippen LogP contribution in [-0.2, 0) is 4.74 Å². The minimum Gasteiger partial charge on any atom is -0.390 e. The molecule has 0 aromatic carbocycles. The molecular weight excluding hydrogens is 374 g/mol. The van der Waals surface area contributed by atoms with E-state index in [4.69, 9.17) is 9.26 Å². The van der Waals surface area contributed by atoms with Crippen LogP contribution in [0.15, 0.2) is 28.9 Å². The number of aromatic nitrogens is 1. The molecule has 166 valence electrons. The van der Waals surface area contributed by atoms with Gasteiger partial charge in [0.1, 0.15) is 5.76 Å². The molecule has 0 amide bonds. The zero-order valence-electron chi connectivity index (χ0n) is 19.0. The Morgan fingerprint density at radius 3 is 2.73 bits per heavy atom. The SMILES string of the molecule is C=C(C)[C@]12CC[C@H]3C(CC[C@H]4C[C@](C)(O)CC[C@@]43COC)[C@@H]1CC[C@@H]2c1ccno1. The number of methoxy groups -OCH3 is 1. The molecule has 0 radical (unpaired) electrons. The number of hydrogen-bond acceptors (Lipinski definition) is 4. The summed E-state index contributed by atoms with van der Waals surface area (Å²) < 4.78 is 11.6. The Bertz CT molecular complexity index is 786. The van der Waals surface area contributed by atoms with Gasteiger partial charge in [-0.25, -0.2) is 0 Å². The summed E-state index contributed by atoms with van der Waals surface area (Å²) in [6.45, 7) is 9.70. The molecule has 4 fully saturated rings. The predicted molar refractivity (Wildman–Crippen MR) is 117 cm³/mol. The number of aliphatic hydroxyl groups is 1. The molecule has 4 aliphatic rings. The Kier molecular flexibility index (Phi) is 4.98. The molecule has 0 aliphatic heterocycles.